The van der Waals surface area contributed by atoms with Gasteiger partial charge in [0.2, 0.25) is 5.91 Å². The van der Waals surface area contributed by atoms with Gasteiger partial charge in [-0.2, -0.15) is 0 Å². The summed E-state index contributed by atoms with van der Waals surface area (Å²) < 4.78 is 15.4. The van der Waals surface area contributed by atoms with E-state index in [0.717, 1.165) is 5.01 Å². The SMILES string of the molecule is COc1cccc(OC)c1C(=O)NN1C[C@H](C(=O)OCC(=O)Nc2cccc(Cl)c2)CC1=O. The summed E-state index contributed by atoms with van der Waals surface area (Å²) >= 11 is 5.86. The number of hydrazine groups is 1. The number of anilines is 1. The summed E-state index contributed by atoms with van der Waals surface area (Å²) in [6.45, 7) is -0.627. The number of carbonyl (C=O) groups is 4. The number of amides is 3. The van der Waals surface area contributed by atoms with Crippen LogP contribution in [-0.2, 0) is 19.1 Å². The van der Waals surface area contributed by atoms with Gasteiger partial charge in [0.15, 0.2) is 6.61 Å². The largest absolute Gasteiger partial charge is 0.496 e. The number of esters is 1. The average Bonchev–Trinajstić information content (AvgIpc) is 3.16. The van der Waals surface area contributed by atoms with E-state index in [2.05, 4.69) is 10.7 Å². The fraction of sp³-hybridized carbons (Fsp3) is 0.273. The second kappa shape index (κ2) is 10.7. The van der Waals surface area contributed by atoms with Crippen molar-refractivity contribution in [3.05, 3.63) is 53.1 Å². The molecule has 1 saturated heterocycles. The molecule has 3 amide bonds. The predicted molar refractivity (Wildman–Crippen MR) is 118 cm³/mol. The van der Waals surface area contributed by atoms with Crippen LogP contribution >= 0.6 is 11.6 Å². The highest BCUT2D eigenvalue weighted by atomic mass is 35.5. The first-order valence-electron chi connectivity index (χ1n) is 9.86. The number of halogens is 1. The number of methoxy groups -OCH3 is 2. The third-order valence-electron chi connectivity index (χ3n) is 4.80. The monoisotopic (exact) mass is 475 g/mol. The Morgan fingerprint density at radius 3 is 2.39 bits per heavy atom. The minimum absolute atomic E-state index is 0.100. The molecular formula is C22H22ClN3O7. The van der Waals surface area contributed by atoms with E-state index in [1.807, 2.05) is 0 Å². The highest BCUT2D eigenvalue weighted by Crippen LogP contribution is 2.28. The van der Waals surface area contributed by atoms with E-state index in [0.29, 0.717) is 10.7 Å². The molecule has 2 aromatic rings. The third kappa shape index (κ3) is 5.92. The van der Waals surface area contributed by atoms with Crippen LogP contribution in [0.15, 0.2) is 42.5 Å². The Hall–Kier alpha value is -3.79. The standard InChI is InChI=1S/C22H22ClN3O7/c1-31-16-7-4-8-17(32-2)20(16)21(29)25-26-11-13(9-19(26)28)22(30)33-12-18(27)24-15-6-3-5-14(23)10-15/h3-8,10,13H,9,11-12H2,1-2H3,(H,24,27)(H,25,29)/t13-/m1/s1. The van der Waals surface area contributed by atoms with E-state index in [1.165, 1.54) is 14.2 Å². The first kappa shape index (κ1) is 23.9. The van der Waals surface area contributed by atoms with Gasteiger partial charge in [0.25, 0.3) is 11.8 Å². The molecule has 1 fully saturated rings. The lowest BCUT2D eigenvalue weighted by Crippen LogP contribution is -2.43. The van der Waals surface area contributed by atoms with Gasteiger partial charge < -0.3 is 19.5 Å². The summed E-state index contributed by atoms with van der Waals surface area (Å²) in [7, 11) is 2.81. The lowest BCUT2D eigenvalue weighted by molar-refractivity contribution is -0.151. The Balaban J connectivity index is 1.55. The molecule has 11 heteroatoms. The predicted octanol–water partition coefficient (Wildman–Crippen LogP) is 2.03. The van der Waals surface area contributed by atoms with Crippen molar-refractivity contribution in [1.29, 1.82) is 0 Å². The topological polar surface area (TPSA) is 123 Å². The zero-order chi connectivity index (χ0) is 24.0. The van der Waals surface area contributed by atoms with Gasteiger partial charge in [-0.05, 0) is 30.3 Å². The first-order chi connectivity index (χ1) is 15.8. The van der Waals surface area contributed by atoms with Crippen LogP contribution in [0.4, 0.5) is 5.69 Å². The molecule has 2 aromatic carbocycles. The minimum Gasteiger partial charge on any atom is -0.496 e. The molecule has 0 aliphatic carbocycles. The molecular weight excluding hydrogens is 454 g/mol. The van der Waals surface area contributed by atoms with Gasteiger partial charge in [-0.1, -0.05) is 23.7 Å². The number of ether oxygens (including phenoxy) is 3. The fourth-order valence-corrected chi connectivity index (χ4v) is 3.44. The molecule has 1 atom stereocenters. The molecule has 0 aromatic heterocycles. The zero-order valence-electron chi connectivity index (χ0n) is 17.9. The molecule has 0 unspecified atom stereocenters. The van der Waals surface area contributed by atoms with Crippen LogP contribution in [-0.4, -0.2) is 56.1 Å². The van der Waals surface area contributed by atoms with Crippen LogP contribution in [0.1, 0.15) is 16.8 Å². The lowest BCUT2D eigenvalue weighted by atomic mass is 10.1. The van der Waals surface area contributed by atoms with E-state index in [-0.39, 0.29) is 30.0 Å². The summed E-state index contributed by atoms with van der Waals surface area (Å²) in [5, 5.41) is 4.03. The molecule has 0 radical (unpaired) electrons. The van der Waals surface area contributed by atoms with Crippen molar-refractivity contribution in [3.8, 4) is 11.5 Å². The van der Waals surface area contributed by atoms with E-state index >= 15 is 0 Å². The fourth-order valence-electron chi connectivity index (χ4n) is 3.24. The smallest absolute Gasteiger partial charge is 0.311 e. The van der Waals surface area contributed by atoms with Gasteiger partial charge in [0, 0.05) is 17.1 Å². The van der Waals surface area contributed by atoms with Crippen LogP contribution < -0.4 is 20.2 Å². The molecule has 1 aliphatic heterocycles. The van der Waals surface area contributed by atoms with Crippen molar-refractivity contribution in [1.82, 2.24) is 10.4 Å². The Morgan fingerprint density at radius 1 is 1.09 bits per heavy atom. The van der Waals surface area contributed by atoms with Crippen LogP contribution in [0.25, 0.3) is 0 Å². The Morgan fingerprint density at radius 2 is 1.76 bits per heavy atom. The number of hydrogen-bond donors (Lipinski definition) is 2. The summed E-state index contributed by atoms with van der Waals surface area (Å²) in [6, 6.07) is 11.3. The van der Waals surface area contributed by atoms with Crippen molar-refractivity contribution in [2.75, 3.05) is 32.7 Å². The number of benzene rings is 2. The maximum Gasteiger partial charge on any atom is 0.311 e. The van der Waals surface area contributed by atoms with Crippen molar-refractivity contribution >= 4 is 41.0 Å². The van der Waals surface area contributed by atoms with Gasteiger partial charge in [-0.25, -0.2) is 0 Å². The quantitative estimate of drug-likeness (QED) is 0.560. The molecule has 1 aliphatic rings. The molecule has 174 valence electrons. The Bertz CT molecular complexity index is 1050. The molecule has 0 saturated carbocycles. The van der Waals surface area contributed by atoms with Crippen molar-refractivity contribution in [3.63, 3.8) is 0 Å². The van der Waals surface area contributed by atoms with Crippen LogP contribution in [0.5, 0.6) is 11.5 Å². The average molecular weight is 476 g/mol. The normalized spacial score (nSPS) is 15.1. The van der Waals surface area contributed by atoms with E-state index in [9.17, 15) is 19.2 Å². The van der Waals surface area contributed by atoms with Gasteiger partial charge in [0.05, 0.1) is 26.7 Å². The summed E-state index contributed by atoms with van der Waals surface area (Å²) in [5.74, 6) is -2.69. The van der Waals surface area contributed by atoms with Gasteiger partial charge in [-0.15, -0.1) is 0 Å². The number of rotatable bonds is 8. The number of nitrogens with zero attached hydrogens (tertiary/aromatic N) is 1. The molecule has 2 N–H and O–H groups in total. The molecule has 0 spiro atoms. The highest BCUT2D eigenvalue weighted by molar-refractivity contribution is 6.30. The second-order valence-electron chi connectivity index (χ2n) is 7.05. The lowest BCUT2D eigenvalue weighted by Gasteiger charge is -2.19. The Labute approximate surface area is 194 Å². The molecule has 1 heterocycles. The molecule has 0 bridgehead atoms. The number of carbonyl (C=O) groups excluding carboxylic acids is 4. The number of hydrogen-bond acceptors (Lipinski definition) is 7. The van der Waals surface area contributed by atoms with Crippen LogP contribution in [0.2, 0.25) is 5.02 Å². The second-order valence-corrected chi connectivity index (χ2v) is 7.49. The van der Waals surface area contributed by atoms with Gasteiger partial charge in [0.1, 0.15) is 17.1 Å². The van der Waals surface area contributed by atoms with Crippen molar-refractivity contribution in [2.24, 2.45) is 5.92 Å². The highest BCUT2D eigenvalue weighted by Gasteiger charge is 2.37. The molecule has 3 rings (SSSR count). The number of nitrogens with one attached hydrogen (secondary N) is 2. The van der Waals surface area contributed by atoms with Crippen molar-refractivity contribution in [2.45, 2.75) is 6.42 Å². The Kier molecular flexibility index (Phi) is 7.73. The van der Waals surface area contributed by atoms with Crippen LogP contribution in [0.3, 0.4) is 0 Å². The summed E-state index contributed by atoms with van der Waals surface area (Å²) in [5.41, 5.74) is 3.04. The molecule has 10 nitrogen and oxygen atoms in total. The molecule has 33 heavy (non-hydrogen) atoms. The third-order valence-corrected chi connectivity index (χ3v) is 5.04. The maximum atomic E-state index is 12.8. The first-order valence-corrected chi connectivity index (χ1v) is 10.2. The van der Waals surface area contributed by atoms with Gasteiger partial charge >= 0.3 is 5.97 Å². The maximum absolute atomic E-state index is 12.8. The van der Waals surface area contributed by atoms with E-state index < -0.39 is 36.2 Å². The zero-order valence-corrected chi connectivity index (χ0v) is 18.7. The summed E-state index contributed by atoms with van der Waals surface area (Å²) in [4.78, 5) is 49.4. The van der Waals surface area contributed by atoms with E-state index in [1.54, 1.807) is 42.5 Å². The summed E-state index contributed by atoms with van der Waals surface area (Å²) in [6.07, 6.45) is -0.169. The minimum atomic E-state index is -0.837. The van der Waals surface area contributed by atoms with Crippen molar-refractivity contribution < 1.29 is 33.4 Å². The van der Waals surface area contributed by atoms with Gasteiger partial charge in [-0.3, -0.25) is 29.6 Å². The van der Waals surface area contributed by atoms with E-state index in [4.69, 9.17) is 25.8 Å². The van der Waals surface area contributed by atoms with Crippen LogP contribution in [0, 0.1) is 5.92 Å².